The zero-order valence-corrected chi connectivity index (χ0v) is 12.0. The molecule has 0 aliphatic rings. The first-order valence-corrected chi connectivity index (χ1v) is 6.78. The lowest BCUT2D eigenvalue weighted by Gasteiger charge is -2.15. The number of carboxylic acid groups (broad SMARTS) is 1. The van der Waals surface area contributed by atoms with Gasteiger partial charge in [-0.3, -0.25) is 4.79 Å². The molecule has 5 nitrogen and oxygen atoms in total. The average Bonchev–Trinajstić information content (AvgIpc) is 2.54. The molecule has 0 aliphatic heterocycles. The minimum Gasteiger partial charge on any atom is -0.480 e. The van der Waals surface area contributed by atoms with Crippen molar-refractivity contribution in [3.8, 4) is 6.07 Å². The van der Waals surface area contributed by atoms with E-state index in [4.69, 9.17) is 5.26 Å². The highest BCUT2D eigenvalue weighted by molar-refractivity contribution is 5.96. The Morgan fingerprint density at radius 1 is 1.22 bits per heavy atom. The zero-order chi connectivity index (χ0) is 16.8. The topological polar surface area (TPSA) is 90.2 Å². The lowest BCUT2D eigenvalue weighted by molar-refractivity contribution is -0.139. The van der Waals surface area contributed by atoms with Crippen LogP contribution in [0.4, 0.5) is 4.39 Å². The van der Waals surface area contributed by atoms with Crippen LogP contribution in [0.15, 0.2) is 48.5 Å². The van der Waals surface area contributed by atoms with E-state index in [0.29, 0.717) is 11.1 Å². The molecule has 0 radical (unpaired) electrons. The molecule has 2 rings (SSSR count). The fourth-order valence-corrected chi connectivity index (χ4v) is 2.05. The van der Waals surface area contributed by atoms with Crippen molar-refractivity contribution >= 4 is 11.9 Å². The molecule has 0 unspecified atom stereocenters. The van der Waals surface area contributed by atoms with Gasteiger partial charge in [-0.2, -0.15) is 5.26 Å². The zero-order valence-electron chi connectivity index (χ0n) is 12.0. The highest BCUT2D eigenvalue weighted by Gasteiger charge is 2.21. The van der Waals surface area contributed by atoms with Gasteiger partial charge in [0.2, 0.25) is 0 Å². The van der Waals surface area contributed by atoms with Crippen molar-refractivity contribution < 1.29 is 19.1 Å². The second-order valence-electron chi connectivity index (χ2n) is 4.89. The number of carbonyl (C=O) groups is 2. The molecule has 0 spiro atoms. The van der Waals surface area contributed by atoms with Gasteiger partial charge in [0.05, 0.1) is 11.6 Å². The average molecular weight is 312 g/mol. The summed E-state index contributed by atoms with van der Waals surface area (Å²) in [6.45, 7) is 0. The van der Waals surface area contributed by atoms with Crippen LogP contribution in [0.1, 0.15) is 21.5 Å². The van der Waals surface area contributed by atoms with Crippen molar-refractivity contribution in [1.29, 1.82) is 5.26 Å². The fraction of sp³-hybridized carbons (Fsp3) is 0.118. The molecule has 0 bridgehead atoms. The van der Waals surface area contributed by atoms with E-state index in [2.05, 4.69) is 5.32 Å². The van der Waals surface area contributed by atoms with E-state index in [1.807, 2.05) is 6.07 Å². The van der Waals surface area contributed by atoms with Crippen molar-refractivity contribution in [2.75, 3.05) is 0 Å². The summed E-state index contributed by atoms with van der Waals surface area (Å²) in [4.78, 5) is 23.4. The van der Waals surface area contributed by atoms with E-state index < -0.39 is 23.7 Å². The van der Waals surface area contributed by atoms with Crippen LogP contribution >= 0.6 is 0 Å². The van der Waals surface area contributed by atoms with E-state index in [-0.39, 0.29) is 12.0 Å². The highest BCUT2D eigenvalue weighted by Crippen LogP contribution is 2.09. The molecule has 2 aromatic rings. The lowest BCUT2D eigenvalue weighted by Crippen LogP contribution is -2.42. The summed E-state index contributed by atoms with van der Waals surface area (Å²) in [5, 5.41) is 20.5. The third kappa shape index (κ3) is 4.38. The quantitative estimate of drug-likeness (QED) is 0.885. The summed E-state index contributed by atoms with van der Waals surface area (Å²) in [6, 6.07) is 12.1. The Bertz CT molecular complexity index is 766. The van der Waals surface area contributed by atoms with Gasteiger partial charge in [-0.1, -0.05) is 12.1 Å². The second kappa shape index (κ2) is 7.18. The molecule has 1 atom stereocenters. The van der Waals surface area contributed by atoms with E-state index in [9.17, 15) is 19.1 Å². The first-order chi connectivity index (χ1) is 11.0. The van der Waals surface area contributed by atoms with Crippen molar-refractivity contribution in [2.45, 2.75) is 12.5 Å². The van der Waals surface area contributed by atoms with Crippen LogP contribution in [0, 0.1) is 17.1 Å². The van der Waals surface area contributed by atoms with E-state index in [1.54, 1.807) is 24.3 Å². The molecule has 0 aromatic heterocycles. The first-order valence-electron chi connectivity index (χ1n) is 6.78. The van der Waals surface area contributed by atoms with Gasteiger partial charge in [0.25, 0.3) is 5.91 Å². The third-order valence-electron chi connectivity index (χ3n) is 3.21. The number of benzene rings is 2. The van der Waals surface area contributed by atoms with Crippen LogP contribution in [0.5, 0.6) is 0 Å². The Morgan fingerprint density at radius 3 is 2.52 bits per heavy atom. The maximum atomic E-state index is 12.8. The monoisotopic (exact) mass is 312 g/mol. The number of carbonyl (C=O) groups excluding carboxylic acids is 1. The van der Waals surface area contributed by atoms with Gasteiger partial charge in [0, 0.05) is 12.0 Å². The smallest absolute Gasteiger partial charge is 0.326 e. The number of rotatable bonds is 5. The number of halogens is 1. The number of carboxylic acids is 1. The van der Waals surface area contributed by atoms with Crippen molar-refractivity contribution in [3.63, 3.8) is 0 Å². The molecule has 1 amide bonds. The first kappa shape index (κ1) is 16.2. The Kier molecular flexibility index (Phi) is 5.05. The molecule has 116 valence electrons. The van der Waals surface area contributed by atoms with Crippen molar-refractivity contribution in [3.05, 3.63) is 71.0 Å². The molecule has 2 N–H and O–H groups in total. The third-order valence-corrected chi connectivity index (χ3v) is 3.21. The molecule has 0 saturated carbocycles. The molecular weight excluding hydrogens is 299 g/mol. The Balaban J connectivity index is 2.12. The number of nitriles is 1. The van der Waals surface area contributed by atoms with E-state index in [1.165, 1.54) is 12.1 Å². The Hall–Kier alpha value is -3.20. The highest BCUT2D eigenvalue weighted by atomic mass is 19.1. The molecular formula is C17H13FN2O3. The maximum Gasteiger partial charge on any atom is 0.326 e. The van der Waals surface area contributed by atoms with Gasteiger partial charge in [0.15, 0.2) is 0 Å². The SMILES string of the molecule is N#Cc1cccc(C[C@@H](NC(=O)c2ccc(F)cc2)C(=O)O)c1. The predicted molar refractivity (Wildman–Crippen MR) is 80.2 cm³/mol. The number of hydrogen-bond donors (Lipinski definition) is 2. The molecule has 23 heavy (non-hydrogen) atoms. The minimum atomic E-state index is -1.19. The summed E-state index contributed by atoms with van der Waals surface area (Å²) >= 11 is 0. The predicted octanol–water partition coefficient (Wildman–Crippen LogP) is 2.12. The number of nitrogens with zero attached hydrogens (tertiary/aromatic N) is 1. The van der Waals surface area contributed by atoms with Crippen molar-refractivity contribution in [2.24, 2.45) is 0 Å². The van der Waals surface area contributed by atoms with Gasteiger partial charge in [0.1, 0.15) is 11.9 Å². The van der Waals surface area contributed by atoms with Gasteiger partial charge in [-0.15, -0.1) is 0 Å². The molecule has 2 aromatic carbocycles. The summed E-state index contributed by atoms with van der Waals surface area (Å²) in [5.74, 6) is -2.28. The summed E-state index contributed by atoms with van der Waals surface area (Å²) in [7, 11) is 0. The van der Waals surface area contributed by atoms with Gasteiger partial charge >= 0.3 is 5.97 Å². The van der Waals surface area contributed by atoms with Gasteiger partial charge in [-0.25, -0.2) is 9.18 Å². The van der Waals surface area contributed by atoms with Gasteiger partial charge in [-0.05, 0) is 42.0 Å². The van der Waals surface area contributed by atoms with Crippen LogP contribution < -0.4 is 5.32 Å². The Labute approximate surface area is 132 Å². The summed E-state index contributed by atoms with van der Waals surface area (Å²) in [5.41, 5.74) is 1.20. The van der Waals surface area contributed by atoms with Crippen LogP contribution in [0.3, 0.4) is 0 Å². The number of amides is 1. The molecule has 0 saturated heterocycles. The van der Waals surface area contributed by atoms with Crippen LogP contribution in [-0.4, -0.2) is 23.0 Å². The van der Waals surface area contributed by atoms with Crippen LogP contribution in [0.25, 0.3) is 0 Å². The van der Waals surface area contributed by atoms with Crippen LogP contribution in [-0.2, 0) is 11.2 Å². The fourth-order valence-electron chi connectivity index (χ4n) is 2.05. The van der Waals surface area contributed by atoms with E-state index in [0.717, 1.165) is 12.1 Å². The number of nitrogens with one attached hydrogen (secondary N) is 1. The Morgan fingerprint density at radius 2 is 1.91 bits per heavy atom. The standard InChI is InChI=1S/C17H13FN2O3/c18-14-6-4-13(5-7-14)16(21)20-15(17(22)23)9-11-2-1-3-12(8-11)10-19/h1-8,15H,9H2,(H,20,21)(H,22,23)/t15-/m1/s1. The van der Waals surface area contributed by atoms with E-state index >= 15 is 0 Å². The number of hydrogen-bond acceptors (Lipinski definition) is 3. The normalized spacial score (nSPS) is 11.3. The summed E-state index contributed by atoms with van der Waals surface area (Å²) < 4.78 is 12.8. The molecule has 6 heteroatoms. The molecule has 0 heterocycles. The van der Waals surface area contributed by atoms with Crippen LogP contribution in [0.2, 0.25) is 0 Å². The largest absolute Gasteiger partial charge is 0.480 e. The van der Waals surface area contributed by atoms with Crippen molar-refractivity contribution in [1.82, 2.24) is 5.32 Å². The summed E-state index contributed by atoms with van der Waals surface area (Å²) in [6.07, 6.45) is 0.0395. The minimum absolute atomic E-state index is 0.0395. The number of aliphatic carboxylic acids is 1. The maximum absolute atomic E-state index is 12.8. The van der Waals surface area contributed by atoms with Gasteiger partial charge < -0.3 is 10.4 Å². The lowest BCUT2D eigenvalue weighted by atomic mass is 10.0. The molecule has 0 aliphatic carbocycles. The second-order valence-corrected chi connectivity index (χ2v) is 4.89. The molecule has 0 fully saturated rings.